The van der Waals surface area contributed by atoms with Crippen LogP contribution in [0, 0.1) is 6.92 Å². The van der Waals surface area contributed by atoms with Gasteiger partial charge in [-0.05, 0) is 85.4 Å². The summed E-state index contributed by atoms with van der Waals surface area (Å²) in [6.07, 6.45) is 2.86. The number of rotatable bonds is 6. The van der Waals surface area contributed by atoms with E-state index in [0.29, 0.717) is 27.3 Å². The summed E-state index contributed by atoms with van der Waals surface area (Å²) in [6.45, 7) is 2.01. The van der Waals surface area contributed by atoms with Gasteiger partial charge in [-0.25, -0.2) is 8.42 Å². The first kappa shape index (κ1) is 24.3. The first-order chi connectivity index (χ1) is 17.2. The van der Waals surface area contributed by atoms with Gasteiger partial charge in [0.25, 0.3) is 0 Å². The first-order valence-corrected chi connectivity index (χ1v) is 13.8. The second kappa shape index (κ2) is 9.57. The highest BCUT2D eigenvalue weighted by Gasteiger charge is 2.42. The maximum atomic E-state index is 11.6. The van der Waals surface area contributed by atoms with E-state index < -0.39 is 10.0 Å². The molecule has 7 nitrogen and oxygen atoms in total. The van der Waals surface area contributed by atoms with Gasteiger partial charge in [-0.15, -0.1) is 0 Å². The van der Waals surface area contributed by atoms with Gasteiger partial charge in [-0.1, -0.05) is 23.7 Å². The number of pyridine rings is 1. The van der Waals surface area contributed by atoms with Crippen LogP contribution in [0.25, 0.3) is 11.3 Å². The van der Waals surface area contributed by atoms with Crippen LogP contribution in [0.1, 0.15) is 29.1 Å². The minimum Gasteiger partial charge on any atom is -0.459 e. The first-order valence-electron chi connectivity index (χ1n) is 11.1. The van der Waals surface area contributed by atoms with Gasteiger partial charge in [0.05, 0.1) is 18.0 Å². The number of furan rings is 1. The van der Waals surface area contributed by atoms with Crippen LogP contribution in [0.2, 0.25) is 5.02 Å². The van der Waals surface area contributed by atoms with Gasteiger partial charge in [-0.3, -0.25) is 9.71 Å². The molecule has 2 N–H and O–H groups in total. The number of benzene rings is 2. The molecule has 0 radical (unpaired) electrons. The largest absolute Gasteiger partial charge is 0.459 e. The summed E-state index contributed by atoms with van der Waals surface area (Å²) in [5.41, 5.74) is 4.03. The third kappa shape index (κ3) is 4.95. The van der Waals surface area contributed by atoms with Gasteiger partial charge in [0.2, 0.25) is 10.0 Å². The molecule has 5 rings (SSSR count). The van der Waals surface area contributed by atoms with Crippen molar-refractivity contribution in [2.24, 2.45) is 0 Å². The lowest BCUT2D eigenvalue weighted by Gasteiger charge is -2.26. The molecule has 0 bridgehead atoms. The number of anilines is 2. The quantitative estimate of drug-likeness (QED) is 0.298. The molecule has 1 aliphatic heterocycles. The van der Waals surface area contributed by atoms with E-state index in [4.69, 9.17) is 28.2 Å². The minimum atomic E-state index is -3.38. The number of aryl methyl sites for hydroxylation is 1. The zero-order valence-electron chi connectivity index (χ0n) is 19.5. The fourth-order valence-corrected chi connectivity index (χ4v) is 5.42. The normalized spacial score (nSPS) is 17.8. The van der Waals surface area contributed by atoms with Crippen molar-refractivity contribution in [3.63, 3.8) is 0 Å². The van der Waals surface area contributed by atoms with Crippen molar-refractivity contribution < 1.29 is 12.8 Å². The average molecular weight is 539 g/mol. The smallest absolute Gasteiger partial charge is 0.229 e. The van der Waals surface area contributed by atoms with Crippen molar-refractivity contribution in [1.29, 1.82) is 0 Å². The highest BCUT2D eigenvalue weighted by Crippen LogP contribution is 2.43. The van der Waals surface area contributed by atoms with Crippen molar-refractivity contribution in [2.75, 3.05) is 15.9 Å². The zero-order chi connectivity index (χ0) is 25.4. The predicted molar refractivity (Wildman–Crippen MR) is 147 cm³/mol. The third-order valence-corrected chi connectivity index (χ3v) is 7.09. The van der Waals surface area contributed by atoms with Crippen LogP contribution in [0.3, 0.4) is 0 Å². The number of nitrogens with one attached hydrogen (secondary N) is 2. The lowest BCUT2D eigenvalue weighted by molar-refractivity contribution is 0.439. The highest BCUT2D eigenvalue weighted by molar-refractivity contribution is 7.92. The second-order valence-corrected chi connectivity index (χ2v) is 11.2. The molecule has 1 saturated heterocycles. The van der Waals surface area contributed by atoms with Crippen molar-refractivity contribution in [1.82, 2.24) is 10.3 Å². The molecular formula is C26H23ClN4O3S2. The Balaban J connectivity index is 1.57. The Hall–Kier alpha value is -3.40. The van der Waals surface area contributed by atoms with E-state index in [9.17, 15) is 8.42 Å². The Morgan fingerprint density at radius 3 is 2.56 bits per heavy atom. The van der Waals surface area contributed by atoms with Gasteiger partial charge in [0.15, 0.2) is 5.11 Å². The molecule has 36 heavy (non-hydrogen) atoms. The van der Waals surface area contributed by atoms with Crippen LogP contribution in [-0.4, -0.2) is 24.8 Å². The molecule has 1 aliphatic rings. The van der Waals surface area contributed by atoms with E-state index in [1.54, 1.807) is 18.3 Å². The molecule has 1 fully saturated rings. The monoisotopic (exact) mass is 538 g/mol. The summed E-state index contributed by atoms with van der Waals surface area (Å²) in [7, 11) is -3.38. The molecule has 0 spiro atoms. The molecule has 184 valence electrons. The van der Waals surface area contributed by atoms with E-state index in [2.05, 4.69) is 15.0 Å². The average Bonchev–Trinajstić information content (AvgIpc) is 3.45. The number of aromatic nitrogens is 1. The maximum Gasteiger partial charge on any atom is 0.229 e. The third-order valence-electron chi connectivity index (χ3n) is 5.93. The predicted octanol–water partition coefficient (Wildman–Crippen LogP) is 5.85. The molecule has 0 saturated carbocycles. The Morgan fingerprint density at radius 2 is 1.86 bits per heavy atom. The number of sulfonamides is 1. The van der Waals surface area contributed by atoms with Crippen molar-refractivity contribution >= 4 is 50.3 Å². The van der Waals surface area contributed by atoms with E-state index in [0.717, 1.165) is 28.8 Å². The Bertz CT molecular complexity index is 1520. The van der Waals surface area contributed by atoms with Gasteiger partial charge in [0.1, 0.15) is 17.6 Å². The summed E-state index contributed by atoms with van der Waals surface area (Å²) in [5.74, 6) is 1.40. The Kier molecular flexibility index (Phi) is 6.46. The lowest BCUT2D eigenvalue weighted by Crippen LogP contribution is -2.29. The molecule has 0 unspecified atom stereocenters. The molecule has 2 atom stereocenters. The lowest BCUT2D eigenvalue weighted by atomic mass is 10.0. The van der Waals surface area contributed by atoms with Crippen LogP contribution >= 0.6 is 23.8 Å². The van der Waals surface area contributed by atoms with E-state index in [1.165, 1.54) is 0 Å². The summed E-state index contributed by atoms with van der Waals surface area (Å²) >= 11 is 12.0. The van der Waals surface area contributed by atoms with Crippen LogP contribution < -0.4 is 14.9 Å². The van der Waals surface area contributed by atoms with Crippen molar-refractivity contribution in [3.8, 4) is 11.3 Å². The van der Waals surface area contributed by atoms with Gasteiger partial charge < -0.3 is 14.6 Å². The van der Waals surface area contributed by atoms with Gasteiger partial charge in [0, 0.05) is 28.2 Å². The van der Waals surface area contributed by atoms with Gasteiger partial charge >= 0.3 is 0 Å². The fourth-order valence-electron chi connectivity index (χ4n) is 4.34. The Labute approximate surface area is 220 Å². The topological polar surface area (TPSA) is 87.5 Å². The summed E-state index contributed by atoms with van der Waals surface area (Å²) in [5, 5.41) is 4.53. The van der Waals surface area contributed by atoms with Crippen molar-refractivity contribution in [2.45, 2.75) is 19.0 Å². The molecular weight excluding hydrogens is 516 g/mol. The highest BCUT2D eigenvalue weighted by atomic mass is 35.5. The fraction of sp³-hybridized carbons (Fsp3) is 0.154. The molecule has 10 heteroatoms. The molecule has 2 aromatic carbocycles. The van der Waals surface area contributed by atoms with Gasteiger partial charge in [-0.2, -0.15) is 0 Å². The minimum absolute atomic E-state index is 0.271. The van der Waals surface area contributed by atoms with Crippen LogP contribution in [0.15, 0.2) is 83.4 Å². The number of nitrogens with zero attached hydrogens (tertiary/aromatic N) is 2. The van der Waals surface area contributed by atoms with E-state index in [-0.39, 0.29) is 12.1 Å². The van der Waals surface area contributed by atoms with E-state index >= 15 is 0 Å². The molecule has 0 amide bonds. The number of hydrogen-bond acceptors (Lipinski definition) is 5. The molecule has 4 aromatic rings. The van der Waals surface area contributed by atoms with Crippen molar-refractivity contribution in [3.05, 3.63) is 101 Å². The van der Waals surface area contributed by atoms with Crippen LogP contribution in [-0.2, 0) is 10.0 Å². The summed E-state index contributed by atoms with van der Waals surface area (Å²) in [4.78, 5) is 6.52. The SMILES string of the molecule is Cc1ccc(Cl)cc1-c1ccc([C@H]2[C@@H](c3ccccn3)NC(=S)N2c2ccc(NS(C)(=O)=O)cc2)o1. The summed E-state index contributed by atoms with van der Waals surface area (Å²) < 4.78 is 32.1. The van der Waals surface area contributed by atoms with Crippen LogP contribution in [0.4, 0.5) is 11.4 Å². The second-order valence-electron chi connectivity index (χ2n) is 8.58. The van der Waals surface area contributed by atoms with E-state index in [1.807, 2.05) is 72.5 Å². The number of thiocarbonyl (C=S) groups is 1. The molecule has 2 aromatic heterocycles. The number of hydrogen-bond donors (Lipinski definition) is 2. The van der Waals surface area contributed by atoms with Crippen LogP contribution in [0.5, 0.6) is 0 Å². The molecule has 3 heterocycles. The molecule has 0 aliphatic carbocycles. The zero-order valence-corrected chi connectivity index (χ0v) is 21.9. The number of halogens is 1. The summed E-state index contributed by atoms with van der Waals surface area (Å²) in [6, 6.07) is 21.7. The Morgan fingerprint density at radius 1 is 1.08 bits per heavy atom. The maximum absolute atomic E-state index is 11.6. The standard InChI is InChI=1S/C26H23ClN4O3S2/c1-16-6-7-17(27)15-20(16)22-12-13-23(34-22)25-24(21-5-3-4-14-28-21)29-26(35)31(25)19-10-8-18(9-11-19)30-36(2,32)33/h3-15,24-25,30H,1-2H3,(H,29,35)/t24-,25+/m1/s1.